The number of aromatic nitrogens is 2. The molecule has 0 aliphatic carbocycles. The summed E-state index contributed by atoms with van der Waals surface area (Å²) in [5.74, 6) is 1.13. The van der Waals surface area contributed by atoms with Gasteiger partial charge in [-0.25, -0.2) is 9.13 Å². The van der Waals surface area contributed by atoms with Crippen LogP contribution in [-0.4, -0.2) is 4.57 Å². The van der Waals surface area contributed by atoms with E-state index in [2.05, 4.69) is 103 Å². The molecule has 0 N–H and O–H groups in total. The first-order valence-electron chi connectivity index (χ1n) is 9.30. The number of benzene rings is 3. The zero-order chi connectivity index (χ0) is 18.8. The van der Waals surface area contributed by atoms with E-state index < -0.39 is 0 Å². The number of para-hydroxylation sites is 2. The molecule has 3 aromatic carbocycles. The maximum absolute atomic E-state index is 6.49. The van der Waals surface area contributed by atoms with Crippen molar-refractivity contribution in [2.24, 2.45) is 14.1 Å². The van der Waals surface area contributed by atoms with Crippen molar-refractivity contribution in [1.29, 1.82) is 0 Å². The molecule has 1 unspecified atom stereocenters. The zero-order valence-electron chi connectivity index (χ0n) is 16.1. The average Bonchev–Trinajstić information content (AvgIpc) is 2.96. The summed E-state index contributed by atoms with van der Waals surface area (Å²) < 4.78 is 11.0. The lowest BCUT2D eigenvalue weighted by atomic mass is 10.1. The van der Waals surface area contributed by atoms with Crippen molar-refractivity contribution < 1.29 is 9.30 Å². The van der Waals surface area contributed by atoms with Gasteiger partial charge in [-0.2, -0.15) is 0 Å². The maximum atomic E-state index is 6.49. The van der Waals surface area contributed by atoms with Gasteiger partial charge in [-0.1, -0.05) is 72.3 Å². The third kappa shape index (κ3) is 3.38. The highest BCUT2D eigenvalue weighted by Crippen LogP contribution is 2.27. The van der Waals surface area contributed by atoms with Crippen LogP contribution in [0.3, 0.4) is 0 Å². The van der Waals surface area contributed by atoms with Crippen molar-refractivity contribution in [1.82, 2.24) is 4.57 Å². The van der Waals surface area contributed by atoms with E-state index in [1.54, 1.807) is 0 Å². The summed E-state index contributed by atoms with van der Waals surface area (Å²) in [6, 6.07) is 27.5. The molecule has 0 spiro atoms. The van der Waals surface area contributed by atoms with Crippen LogP contribution < -0.4 is 4.57 Å². The van der Waals surface area contributed by atoms with E-state index in [0.717, 1.165) is 11.4 Å². The number of hydrogen-bond donors (Lipinski definition) is 0. The molecule has 1 aromatic heterocycles. The van der Waals surface area contributed by atoms with Gasteiger partial charge in [0.15, 0.2) is 17.1 Å². The van der Waals surface area contributed by atoms with Crippen LogP contribution in [0.1, 0.15) is 28.6 Å². The number of imidazole rings is 1. The molecule has 0 bridgehead atoms. The maximum Gasteiger partial charge on any atom is 0.291 e. The fraction of sp³-hybridized carbons (Fsp3) is 0.208. The van der Waals surface area contributed by atoms with Gasteiger partial charge in [0.25, 0.3) is 5.82 Å². The molecule has 0 saturated heterocycles. The fourth-order valence-corrected chi connectivity index (χ4v) is 3.67. The van der Waals surface area contributed by atoms with Crippen LogP contribution >= 0.6 is 0 Å². The molecule has 0 aliphatic heterocycles. The molecule has 27 heavy (non-hydrogen) atoms. The molecule has 1 atom stereocenters. The normalized spacial score (nSPS) is 12.4. The van der Waals surface area contributed by atoms with Crippen molar-refractivity contribution >= 4 is 11.0 Å². The number of fused-ring (bicyclic) bond motifs is 1. The lowest BCUT2D eigenvalue weighted by Crippen LogP contribution is -2.35. The molecule has 0 radical (unpaired) electrons. The Morgan fingerprint density at radius 1 is 0.889 bits per heavy atom. The van der Waals surface area contributed by atoms with E-state index in [4.69, 9.17) is 4.74 Å². The highest BCUT2D eigenvalue weighted by Gasteiger charge is 2.30. The van der Waals surface area contributed by atoms with Gasteiger partial charge < -0.3 is 4.74 Å². The minimum absolute atomic E-state index is 0.144. The Balaban J connectivity index is 1.76. The number of ether oxygens (including phenoxy) is 1. The lowest BCUT2D eigenvalue weighted by molar-refractivity contribution is -0.657. The lowest BCUT2D eigenvalue weighted by Gasteiger charge is -2.16. The van der Waals surface area contributed by atoms with E-state index in [-0.39, 0.29) is 6.10 Å². The van der Waals surface area contributed by atoms with Gasteiger partial charge in [0.2, 0.25) is 0 Å². The second-order valence-corrected chi connectivity index (χ2v) is 7.05. The van der Waals surface area contributed by atoms with E-state index in [1.807, 2.05) is 6.07 Å². The summed E-state index contributed by atoms with van der Waals surface area (Å²) in [6.07, 6.45) is -0.144. The van der Waals surface area contributed by atoms with E-state index in [0.29, 0.717) is 6.61 Å². The third-order valence-electron chi connectivity index (χ3n) is 5.17. The van der Waals surface area contributed by atoms with Crippen molar-refractivity contribution in [3.63, 3.8) is 0 Å². The molecule has 0 aliphatic rings. The molecule has 4 rings (SSSR count). The molecule has 1 heterocycles. The summed E-state index contributed by atoms with van der Waals surface area (Å²) in [7, 11) is 4.23. The molecular weight excluding hydrogens is 332 g/mol. The first-order chi connectivity index (χ1) is 13.1. The SMILES string of the molecule is Cc1ccc(COC(c2ccccc2)c2n(C)c3ccccc3[n+]2C)cc1. The van der Waals surface area contributed by atoms with Crippen molar-refractivity contribution in [2.75, 3.05) is 0 Å². The topological polar surface area (TPSA) is 18.0 Å². The molecule has 3 nitrogen and oxygen atoms in total. The minimum Gasteiger partial charge on any atom is -0.356 e. The van der Waals surface area contributed by atoms with Gasteiger partial charge in [0.05, 0.1) is 20.7 Å². The molecule has 4 aromatic rings. The molecule has 0 fully saturated rings. The first kappa shape index (κ1) is 17.5. The fourth-order valence-electron chi connectivity index (χ4n) is 3.67. The van der Waals surface area contributed by atoms with Crippen LogP contribution in [0.15, 0.2) is 78.9 Å². The van der Waals surface area contributed by atoms with Gasteiger partial charge in [-0.05, 0) is 30.2 Å². The number of rotatable bonds is 5. The Morgan fingerprint density at radius 2 is 1.56 bits per heavy atom. The quantitative estimate of drug-likeness (QED) is 0.477. The number of nitrogens with zero attached hydrogens (tertiary/aromatic N) is 2. The van der Waals surface area contributed by atoms with Crippen LogP contribution in [0.5, 0.6) is 0 Å². The van der Waals surface area contributed by atoms with Crippen molar-refractivity contribution in [3.8, 4) is 0 Å². The van der Waals surface area contributed by atoms with Gasteiger partial charge in [-0.3, -0.25) is 0 Å². The summed E-state index contributed by atoms with van der Waals surface area (Å²) in [5, 5.41) is 0. The van der Waals surface area contributed by atoms with Crippen LogP contribution in [0, 0.1) is 6.92 Å². The predicted molar refractivity (Wildman–Crippen MR) is 108 cm³/mol. The number of hydrogen-bond acceptors (Lipinski definition) is 1. The molecule has 0 saturated carbocycles. The second kappa shape index (κ2) is 7.37. The number of aryl methyl sites for hydroxylation is 3. The van der Waals surface area contributed by atoms with Gasteiger partial charge in [0.1, 0.15) is 0 Å². The minimum atomic E-state index is -0.144. The zero-order valence-corrected chi connectivity index (χ0v) is 16.1. The van der Waals surface area contributed by atoms with Crippen LogP contribution in [0.2, 0.25) is 0 Å². The monoisotopic (exact) mass is 357 g/mol. The van der Waals surface area contributed by atoms with E-state index in [9.17, 15) is 0 Å². The third-order valence-corrected chi connectivity index (χ3v) is 5.17. The highest BCUT2D eigenvalue weighted by atomic mass is 16.5. The summed E-state index contributed by atoms with van der Waals surface area (Å²) in [5.41, 5.74) is 6.01. The Kier molecular flexibility index (Phi) is 4.78. The predicted octanol–water partition coefficient (Wildman–Crippen LogP) is 4.62. The molecule has 0 amide bonds. The molecular formula is C24H25N2O+. The summed E-state index contributed by atoms with van der Waals surface area (Å²) in [6.45, 7) is 2.67. The highest BCUT2D eigenvalue weighted by molar-refractivity contribution is 5.72. The summed E-state index contributed by atoms with van der Waals surface area (Å²) in [4.78, 5) is 0. The Morgan fingerprint density at radius 3 is 2.26 bits per heavy atom. The standard InChI is InChI=1S/C24H25N2O/c1-18-13-15-19(16-14-18)17-27-23(20-9-5-4-6-10-20)24-25(2)21-11-7-8-12-22(21)26(24)3/h4-16,23H,17H2,1-3H3/q+1. The second-order valence-electron chi connectivity index (χ2n) is 7.05. The largest absolute Gasteiger partial charge is 0.356 e. The Labute approximate surface area is 160 Å². The van der Waals surface area contributed by atoms with E-state index >= 15 is 0 Å². The molecule has 136 valence electrons. The van der Waals surface area contributed by atoms with Gasteiger partial charge >= 0.3 is 0 Å². The first-order valence-corrected chi connectivity index (χ1v) is 9.30. The van der Waals surface area contributed by atoms with Crippen LogP contribution in [-0.2, 0) is 25.4 Å². The van der Waals surface area contributed by atoms with Crippen LogP contribution in [0.25, 0.3) is 11.0 Å². The Hall–Kier alpha value is -2.91. The van der Waals surface area contributed by atoms with E-state index in [1.165, 1.54) is 22.2 Å². The van der Waals surface area contributed by atoms with Crippen molar-refractivity contribution in [2.45, 2.75) is 19.6 Å². The van der Waals surface area contributed by atoms with Gasteiger partial charge in [0, 0.05) is 0 Å². The average molecular weight is 357 g/mol. The summed E-state index contributed by atoms with van der Waals surface area (Å²) >= 11 is 0. The molecule has 3 heteroatoms. The van der Waals surface area contributed by atoms with Gasteiger partial charge in [-0.15, -0.1) is 0 Å². The Bertz CT molecular complexity index is 1010. The van der Waals surface area contributed by atoms with Crippen LogP contribution in [0.4, 0.5) is 0 Å². The van der Waals surface area contributed by atoms with Crippen molar-refractivity contribution in [3.05, 3.63) is 101 Å². The smallest absolute Gasteiger partial charge is 0.291 e.